The molecule has 0 saturated carbocycles. The molecule has 3 N–H and O–H groups in total. The first-order valence-corrected chi connectivity index (χ1v) is 8.44. The number of hydrogen-bond donors (Lipinski definition) is 3. The second kappa shape index (κ2) is 11.2. The van der Waals surface area contributed by atoms with Gasteiger partial charge in [-0.2, -0.15) is 0 Å². The predicted octanol–water partition coefficient (Wildman–Crippen LogP) is 3.89. The van der Waals surface area contributed by atoms with Gasteiger partial charge in [0.2, 0.25) is 0 Å². The molecule has 0 bridgehead atoms. The van der Waals surface area contributed by atoms with Crippen LogP contribution in [0.2, 0.25) is 0 Å². The first kappa shape index (κ1) is 22.6. The van der Waals surface area contributed by atoms with Crippen molar-refractivity contribution in [1.29, 1.82) is 0 Å². The maximum Gasteiger partial charge on any atom is 0.335 e. The molecular weight excluding hydrogens is 324 g/mol. The Morgan fingerprint density at radius 2 is 1.64 bits per heavy atom. The summed E-state index contributed by atoms with van der Waals surface area (Å²) in [5.41, 5.74) is 0.121. The zero-order valence-corrected chi connectivity index (χ0v) is 15.1. The molecule has 2 atom stereocenters. The molecule has 0 spiro atoms. The largest absolute Gasteiger partial charge is 0.478 e. The number of unbranched alkanes of at least 4 members (excludes halogenated alkanes) is 1. The zero-order valence-electron chi connectivity index (χ0n) is 15.1. The topological polar surface area (TPSA) is 112 Å². The van der Waals surface area contributed by atoms with Gasteiger partial charge < -0.3 is 15.3 Å². The third-order valence-electron chi connectivity index (χ3n) is 4.34. The minimum absolute atomic E-state index is 0.109. The van der Waals surface area contributed by atoms with Crippen LogP contribution in [-0.4, -0.2) is 33.2 Å². The maximum atomic E-state index is 11.7. The molecule has 25 heavy (non-hydrogen) atoms. The van der Waals surface area contributed by atoms with Crippen molar-refractivity contribution in [3.8, 4) is 0 Å². The second-order valence-corrected chi connectivity index (χ2v) is 6.09. The number of carboxylic acid groups (broad SMARTS) is 3. The van der Waals surface area contributed by atoms with Gasteiger partial charge in [-0.1, -0.05) is 53.0 Å². The highest BCUT2D eigenvalue weighted by Crippen LogP contribution is 2.32. The van der Waals surface area contributed by atoms with E-state index in [1.165, 1.54) is 0 Å². The Morgan fingerprint density at radius 3 is 2.04 bits per heavy atom. The predicted molar refractivity (Wildman–Crippen MR) is 95.3 cm³/mol. The van der Waals surface area contributed by atoms with E-state index in [-0.39, 0.29) is 17.1 Å². The molecule has 0 amide bonds. The lowest BCUT2D eigenvalue weighted by molar-refractivity contribution is -0.134. The summed E-state index contributed by atoms with van der Waals surface area (Å²) < 4.78 is 0. The normalized spacial score (nSPS) is 14.7. The Bertz CT molecular complexity index is 570. The van der Waals surface area contributed by atoms with Gasteiger partial charge in [0.1, 0.15) is 0 Å². The van der Waals surface area contributed by atoms with Crippen molar-refractivity contribution in [2.45, 2.75) is 52.9 Å². The zero-order chi connectivity index (χ0) is 19.6. The van der Waals surface area contributed by atoms with Gasteiger partial charge in [-0.3, -0.25) is 0 Å². The lowest BCUT2D eigenvalue weighted by Gasteiger charge is -2.23. The van der Waals surface area contributed by atoms with Crippen LogP contribution >= 0.6 is 0 Å². The molecule has 6 heteroatoms. The van der Waals surface area contributed by atoms with Crippen LogP contribution in [-0.2, 0) is 14.4 Å². The van der Waals surface area contributed by atoms with Crippen molar-refractivity contribution in [2.75, 3.05) is 0 Å². The van der Waals surface area contributed by atoms with E-state index >= 15 is 0 Å². The summed E-state index contributed by atoms with van der Waals surface area (Å²) in [6.07, 6.45) is 5.91. The van der Waals surface area contributed by atoms with Crippen molar-refractivity contribution in [3.63, 3.8) is 0 Å². The quantitative estimate of drug-likeness (QED) is 0.363. The maximum absolute atomic E-state index is 11.7. The summed E-state index contributed by atoms with van der Waals surface area (Å²) >= 11 is 0. The number of carboxylic acids is 3. The number of carbonyl (C=O) groups is 3. The Balaban J connectivity index is 6.02. The van der Waals surface area contributed by atoms with E-state index in [1.54, 1.807) is 6.92 Å². The number of rotatable bonds is 12. The van der Waals surface area contributed by atoms with Crippen LogP contribution in [0.3, 0.4) is 0 Å². The Hall–Kier alpha value is -2.37. The molecule has 6 nitrogen and oxygen atoms in total. The SMILES string of the molecule is C=C(C(=O)O)C(C)C(CC(CC)CCCC)=C(C=CC(=O)O)C(=O)O. The van der Waals surface area contributed by atoms with Gasteiger partial charge in [-0.15, -0.1) is 0 Å². The molecular formula is C19H28O6. The number of allylic oxidation sites excluding steroid dienone is 1. The van der Waals surface area contributed by atoms with E-state index in [0.29, 0.717) is 12.0 Å². The Labute approximate surface area is 148 Å². The third kappa shape index (κ3) is 7.83. The van der Waals surface area contributed by atoms with Gasteiger partial charge >= 0.3 is 17.9 Å². The smallest absolute Gasteiger partial charge is 0.335 e. The fourth-order valence-electron chi connectivity index (χ4n) is 2.64. The van der Waals surface area contributed by atoms with Crippen LogP contribution in [0, 0.1) is 11.8 Å². The van der Waals surface area contributed by atoms with Crippen LogP contribution in [0.25, 0.3) is 0 Å². The Kier molecular flexibility index (Phi) is 10.2. The molecule has 0 aliphatic carbocycles. The average Bonchev–Trinajstić information content (AvgIpc) is 2.54. The van der Waals surface area contributed by atoms with E-state index in [9.17, 15) is 24.6 Å². The van der Waals surface area contributed by atoms with E-state index in [0.717, 1.165) is 37.8 Å². The van der Waals surface area contributed by atoms with Crippen LogP contribution in [0.4, 0.5) is 0 Å². The highest BCUT2D eigenvalue weighted by atomic mass is 16.4. The number of aliphatic carboxylic acids is 3. The molecule has 2 unspecified atom stereocenters. The fourth-order valence-corrected chi connectivity index (χ4v) is 2.64. The van der Waals surface area contributed by atoms with Crippen molar-refractivity contribution < 1.29 is 29.7 Å². The van der Waals surface area contributed by atoms with E-state index in [1.807, 2.05) is 6.92 Å². The monoisotopic (exact) mass is 352 g/mol. The average molecular weight is 352 g/mol. The van der Waals surface area contributed by atoms with Gasteiger partial charge in [0, 0.05) is 17.6 Å². The van der Waals surface area contributed by atoms with Crippen LogP contribution < -0.4 is 0 Å². The number of hydrogen-bond acceptors (Lipinski definition) is 3. The first-order chi connectivity index (χ1) is 11.6. The van der Waals surface area contributed by atoms with Gasteiger partial charge in [-0.25, -0.2) is 14.4 Å². The summed E-state index contributed by atoms with van der Waals surface area (Å²) in [6.45, 7) is 9.20. The molecule has 0 aromatic carbocycles. The van der Waals surface area contributed by atoms with Crippen LogP contribution in [0.15, 0.2) is 35.5 Å². The molecule has 0 aliphatic rings. The van der Waals surface area contributed by atoms with E-state index in [2.05, 4.69) is 13.5 Å². The molecule has 0 aliphatic heterocycles. The second-order valence-electron chi connectivity index (χ2n) is 6.09. The molecule has 0 aromatic rings. The molecule has 0 heterocycles. The lowest BCUT2D eigenvalue weighted by Crippen LogP contribution is -2.17. The van der Waals surface area contributed by atoms with Gasteiger partial charge in [0.15, 0.2) is 0 Å². The van der Waals surface area contributed by atoms with Crippen LogP contribution in [0.5, 0.6) is 0 Å². The summed E-state index contributed by atoms with van der Waals surface area (Å²) in [5.74, 6) is -4.23. The molecule has 0 aromatic heterocycles. The van der Waals surface area contributed by atoms with Crippen molar-refractivity contribution in [3.05, 3.63) is 35.5 Å². The first-order valence-electron chi connectivity index (χ1n) is 8.44. The van der Waals surface area contributed by atoms with Crippen molar-refractivity contribution in [2.24, 2.45) is 11.8 Å². The molecule has 0 radical (unpaired) electrons. The van der Waals surface area contributed by atoms with E-state index in [4.69, 9.17) is 5.11 Å². The highest BCUT2D eigenvalue weighted by molar-refractivity contribution is 5.94. The fraction of sp³-hybridized carbons (Fsp3) is 0.526. The Morgan fingerprint density at radius 1 is 1.04 bits per heavy atom. The molecule has 0 fully saturated rings. The summed E-state index contributed by atoms with van der Waals surface area (Å²) in [6, 6.07) is 0. The third-order valence-corrected chi connectivity index (χ3v) is 4.34. The molecule has 0 rings (SSSR count). The molecule has 140 valence electrons. The van der Waals surface area contributed by atoms with Gasteiger partial charge in [0.25, 0.3) is 0 Å². The minimum Gasteiger partial charge on any atom is -0.478 e. The van der Waals surface area contributed by atoms with Crippen molar-refractivity contribution in [1.82, 2.24) is 0 Å². The lowest BCUT2D eigenvalue weighted by atomic mass is 9.81. The van der Waals surface area contributed by atoms with Crippen molar-refractivity contribution >= 4 is 17.9 Å². The standard InChI is InChI=1S/C19H28O6/c1-5-7-8-14(6-2)11-16(12(3)13(4)18(22)23)15(19(24)25)9-10-17(20)21/h9-10,12,14H,4-8,11H2,1-3H3,(H,20,21)(H,22,23)(H,24,25). The van der Waals surface area contributed by atoms with E-state index < -0.39 is 23.8 Å². The molecule has 0 saturated heterocycles. The van der Waals surface area contributed by atoms with Gasteiger partial charge in [0.05, 0.1) is 5.57 Å². The highest BCUT2D eigenvalue weighted by Gasteiger charge is 2.25. The van der Waals surface area contributed by atoms with Crippen LogP contribution in [0.1, 0.15) is 52.9 Å². The minimum atomic E-state index is -1.28. The summed E-state index contributed by atoms with van der Waals surface area (Å²) in [4.78, 5) is 33.7. The van der Waals surface area contributed by atoms with Gasteiger partial charge in [-0.05, 0) is 24.0 Å². The summed E-state index contributed by atoms with van der Waals surface area (Å²) in [7, 11) is 0. The summed E-state index contributed by atoms with van der Waals surface area (Å²) in [5, 5.41) is 27.5.